The molecule has 0 saturated carbocycles. The van der Waals surface area contributed by atoms with E-state index in [1.807, 2.05) is 0 Å². The van der Waals surface area contributed by atoms with E-state index in [9.17, 15) is 0 Å². The molecule has 0 atom stereocenters. The zero-order valence-corrected chi connectivity index (χ0v) is 8.97. The van der Waals surface area contributed by atoms with Crippen LogP contribution >= 0.6 is 12.2 Å². The van der Waals surface area contributed by atoms with E-state index in [4.69, 9.17) is 0 Å². The van der Waals surface area contributed by atoms with Gasteiger partial charge in [0.2, 0.25) is 0 Å². The molecule has 0 heterocycles. The molecule has 0 aliphatic carbocycles. The maximum absolute atomic E-state index is 4.62. The molecule has 0 radical (unpaired) electrons. The zero-order chi connectivity index (χ0) is 3.58. The average Bonchev–Trinajstić information content (AvgIpc) is 0.811. The van der Waals surface area contributed by atoms with Gasteiger partial charge in [0.05, 0.1) is 0 Å². The van der Waals surface area contributed by atoms with Gasteiger partial charge in [-0.05, 0) is 12.2 Å². The van der Waals surface area contributed by atoms with Crippen molar-refractivity contribution in [2.24, 2.45) is 11.5 Å². The molecule has 0 unspecified atom stereocenters. The Bertz CT molecular complexity index is 36.5. The van der Waals surface area contributed by atoms with Gasteiger partial charge in [0.25, 0.3) is 0 Å². The Morgan fingerprint density at radius 3 is 1.33 bits per heavy atom. The second kappa shape index (κ2) is 9.93. The molecule has 0 aliphatic heterocycles. The fraction of sp³-hybridized carbons (Fsp3) is 0. The van der Waals surface area contributed by atoms with Crippen molar-refractivity contribution in [3.05, 3.63) is 0 Å². The molecule has 2 nitrogen and oxygen atoms in total. The van der Waals surface area contributed by atoms with Crippen LogP contribution in [0.1, 0.15) is 0 Å². The average molecular weight is 195 g/mol. The number of hydrogen-bond acceptors (Lipinski definition) is 1. The predicted octanol–water partition coefficient (Wildman–Crippen LogP) is -6.80. The summed E-state index contributed by atoms with van der Waals surface area (Å²) in [7, 11) is 0. The monoisotopic (exact) mass is 194 g/mol. The van der Waals surface area contributed by atoms with Crippen LogP contribution < -0.4 is 79.8 Å². The van der Waals surface area contributed by atoms with E-state index in [2.05, 4.69) is 23.7 Å². The van der Waals surface area contributed by atoms with Gasteiger partial charge < -0.3 is 28.4 Å². The van der Waals surface area contributed by atoms with Gasteiger partial charge in [-0.1, -0.05) is 0 Å². The zero-order valence-electron chi connectivity index (χ0n) is 3.44. The van der Waals surface area contributed by atoms with Crippen LogP contribution in [0.25, 0.3) is 0 Å². The maximum atomic E-state index is 4.62. The van der Waals surface area contributed by atoms with Crippen molar-refractivity contribution in [2.45, 2.75) is 0 Å². The van der Waals surface area contributed by atoms with Crippen LogP contribution in [0.4, 0.5) is 0 Å². The maximum Gasteiger partial charge on any atom is 1.00 e. The van der Waals surface area contributed by atoms with Gasteiger partial charge in [-0.25, -0.2) is 0 Å². The van der Waals surface area contributed by atoms with Crippen molar-refractivity contribution >= 4 is 17.3 Å². The molecule has 0 fully saturated rings. The summed E-state index contributed by atoms with van der Waals surface area (Å²) in [4.78, 5) is 0. The second-order valence-corrected chi connectivity index (χ2v) is 0.874. The standard InChI is InChI=1S/CH4N2S.BrH.K/c2-1(3)4;;/h(H4,2,3,4);1H;/q;;+1/p-1. The number of thiocarbonyl (C=S) groups is 1. The topological polar surface area (TPSA) is 52.0 Å². The Kier molecular flexibility index (Phi) is 25.9. The Balaban J connectivity index is -0.0000000450. The minimum Gasteiger partial charge on any atom is -1.00 e. The first-order valence-electron chi connectivity index (χ1n) is 0.781. The fourth-order valence-electron chi connectivity index (χ4n) is 0. The van der Waals surface area contributed by atoms with Crippen LogP contribution in [0.15, 0.2) is 0 Å². The summed E-state index contributed by atoms with van der Waals surface area (Å²) in [5.41, 5.74) is 9.24. The van der Waals surface area contributed by atoms with E-state index >= 15 is 0 Å². The molecule has 32 valence electrons. The van der Waals surface area contributed by atoms with Crippen LogP contribution in [0.5, 0.6) is 0 Å². The summed E-state index contributed by atoms with van der Waals surface area (Å²) in [6.07, 6.45) is 0. The van der Waals surface area contributed by atoms with Crippen molar-refractivity contribution in [3.8, 4) is 0 Å². The Labute approximate surface area is 95.2 Å². The molecule has 0 spiro atoms. The predicted molar refractivity (Wildman–Crippen MR) is 21.0 cm³/mol. The first-order chi connectivity index (χ1) is 1.73. The summed E-state index contributed by atoms with van der Waals surface area (Å²) in [6, 6.07) is 0. The first kappa shape index (κ1) is 15.7. The number of nitrogens with two attached hydrogens (primary N) is 2. The van der Waals surface area contributed by atoms with Crippen molar-refractivity contribution in [2.75, 3.05) is 0 Å². The number of hydrogen-bond donors (Lipinski definition) is 2. The van der Waals surface area contributed by atoms with Gasteiger partial charge in [-0.2, -0.15) is 0 Å². The molecule has 0 aromatic carbocycles. The molecule has 0 aromatic heterocycles. The SMILES string of the molecule is NC(N)=S.[Br-].[K+]. The Morgan fingerprint density at radius 1 is 1.33 bits per heavy atom. The number of halogens is 1. The summed E-state index contributed by atoms with van der Waals surface area (Å²) in [5, 5.41) is 0.000000000000000222. The van der Waals surface area contributed by atoms with Crippen LogP contribution in [-0.2, 0) is 0 Å². The molecule has 0 aromatic rings. The Morgan fingerprint density at radius 2 is 1.33 bits per heavy atom. The van der Waals surface area contributed by atoms with Gasteiger partial charge in [0, 0.05) is 0 Å². The van der Waals surface area contributed by atoms with Crippen molar-refractivity contribution in [1.29, 1.82) is 0 Å². The number of rotatable bonds is 0. The minimum absolute atomic E-state index is 0. The third-order valence-electron chi connectivity index (χ3n) is 0. The van der Waals surface area contributed by atoms with E-state index in [-0.39, 0.29) is 73.5 Å². The van der Waals surface area contributed by atoms with Crippen molar-refractivity contribution in [1.82, 2.24) is 0 Å². The van der Waals surface area contributed by atoms with Crippen LogP contribution in [0, 0.1) is 0 Å². The van der Waals surface area contributed by atoms with Gasteiger partial charge >= 0.3 is 51.4 Å². The third-order valence-corrected chi connectivity index (χ3v) is 0. The molecular formula is CH4BrKN2S. The summed E-state index contributed by atoms with van der Waals surface area (Å²) in [5.74, 6) is 0. The van der Waals surface area contributed by atoms with Gasteiger partial charge in [-0.15, -0.1) is 0 Å². The van der Waals surface area contributed by atoms with Gasteiger partial charge in [0.1, 0.15) is 0 Å². The molecule has 0 bridgehead atoms. The normalized spacial score (nSPS) is 4.00. The van der Waals surface area contributed by atoms with Gasteiger partial charge in [-0.3, -0.25) is 0 Å². The van der Waals surface area contributed by atoms with Gasteiger partial charge in [0.15, 0.2) is 5.11 Å². The molecule has 5 heteroatoms. The second-order valence-electron chi connectivity index (χ2n) is 0.402. The third kappa shape index (κ3) is 41.1. The van der Waals surface area contributed by atoms with Crippen LogP contribution in [-0.4, -0.2) is 5.11 Å². The molecule has 4 N–H and O–H groups in total. The van der Waals surface area contributed by atoms with Crippen molar-refractivity contribution < 1.29 is 68.4 Å². The molecule has 0 saturated heterocycles. The fourth-order valence-corrected chi connectivity index (χ4v) is 0. The molecular weight excluding hydrogens is 191 g/mol. The Hall–Kier alpha value is 1.81. The summed E-state index contributed by atoms with van der Waals surface area (Å²) < 4.78 is 0. The van der Waals surface area contributed by atoms with Crippen LogP contribution in [0.2, 0.25) is 0 Å². The van der Waals surface area contributed by atoms with E-state index < -0.39 is 0 Å². The molecule has 0 amide bonds. The van der Waals surface area contributed by atoms with E-state index in [1.165, 1.54) is 0 Å². The van der Waals surface area contributed by atoms with E-state index in [0.717, 1.165) is 0 Å². The smallest absolute Gasteiger partial charge is 1.00 e. The van der Waals surface area contributed by atoms with E-state index in [0.29, 0.717) is 0 Å². The molecule has 0 rings (SSSR count). The largest absolute Gasteiger partial charge is 1.00 e. The van der Waals surface area contributed by atoms with Crippen LogP contribution in [0.3, 0.4) is 0 Å². The van der Waals surface area contributed by atoms with E-state index in [1.54, 1.807) is 0 Å². The quantitative estimate of drug-likeness (QED) is 0.298. The summed E-state index contributed by atoms with van der Waals surface area (Å²) >= 11 is 4.09. The van der Waals surface area contributed by atoms with Crippen molar-refractivity contribution in [3.63, 3.8) is 0 Å². The first-order valence-corrected chi connectivity index (χ1v) is 1.19. The molecule has 0 aliphatic rings. The minimum atomic E-state index is 0. The summed E-state index contributed by atoms with van der Waals surface area (Å²) in [6.45, 7) is 0. The molecule has 6 heavy (non-hydrogen) atoms.